The minimum absolute atomic E-state index is 0.141. The fourth-order valence-corrected chi connectivity index (χ4v) is 1.30. The summed E-state index contributed by atoms with van der Waals surface area (Å²) in [5.41, 5.74) is -0.143. The Morgan fingerprint density at radius 3 is 2.50 bits per heavy atom. The van der Waals surface area contributed by atoms with E-state index in [4.69, 9.17) is 11.6 Å². The second-order valence-electron chi connectivity index (χ2n) is 3.12. The summed E-state index contributed by atoms with van der Waals surface area (Å²) in [5, 5.41) is 10.4. The highest BCUT2D eigenvalue weighted by Crippen LogP contribution is 2.21. The first kappa shape index (κ1) is 12.4. The van der Waals surface area contributed by atoms with Crippen molar-refractivity contribution in [3.05, 3.63) is 45.5 Å². The third kappa shape index (κ3) is 3.20. The summed E-state index contributed by atoms with van der Waals surface area (Å²) in [7, 11) is 1.30. The Morgan fingerprint density at radius 2 is 2.06 bits per heavy atom. The van der Waals surface area contributed by atoms with Crippen LogP contribution in [0.2, 0.25) is 0 Å². The Hall–Kier alpha value is -1.62. The average Bonchev–Trinajstić information content (AvgIpc) is 2.28. The van der Waals surface area contributed by atoms with Gasteiger partial charge in [0.1, 0.15) is 0 Å². The van der Waals surface area contributed by atoms with Gasteiger partial charge in [0.05, 0.1) is 13.5 Å². The van der Waals surface area contributed by atoms with Gasteiger partial charge < -0.3 is 4.74 Å². The molecule has 1 aromatic carbocycles. The van der Waals surface area contributed by atoms with E-state index in [2.05, 4.69) is 4.74 Å². The fourth-order valence-electron chi connectivity index (χ4n) is 1.15. The first-order valence-corrected chi connectivity index (χ1v) is 4.91. The lowest BCUT2D eigenvalue weighted by molar-refractivity contribution is -0.503. The van der Waals surface area contributed by atoms with Gasteiger partial charge >= 0.3 is 11.5 Å². The van der Waals surface area contributed by atoms with Gasteiger partial charge in [-0.15, -0.1) is 0 Å². The van der Waals surface area contributed by atoms with Crippen LogP contribution in [0.25, 0.3) is 0 Å². The molecule has 0 fully saturated rings. The van der Waals surface area contributed by atoms with Crippen LogP contribution in [0, 0.1) is 10.1 Å². The highest BCUT2D eigenvalue weighted by Gasteiger charge is 2.18. The highest BCUT2D eigenvalue weighted by molar-refractivity contribution is 6.19. The molecule has 0 aliphatic heterocycles. The van der Waals surface area contributed by atoms with Crippen molar-refractivity contribution in [3.63, 3.8) is 0 Å². The van der Waals surface area contributed by atoms with E-state index in [9.17, 15) is 14.9 Å². The van der Waals surface area contributed by atoms with Crippen LogP contribution >= 0.6 is 11.6 Å². The van der Waals surface area contributed by atoms with Gasteiger partial charge in [0.25, 0.3) is 0 Å². The van der Waals surface area contributed by atoms with Crippen molar-refractivity contribution in [3.8, 4) is 0 Å². The topological polar surface area (TPSA) is 69.4 Å². The lowest BCUT2D eigenvalue weighted by Gasteiger charge is -2.03. The number of nitro groups is 1. The molecule has 0 saturated heterocycles. The zero-order valence-corrected chi connectivity index (χ0v) is 9.31. The zero-order valence-electron chi connectivity index (χ0n) is 8.55. The number of carbonyl (C=O) groups is 1. The van der Waals surface area contributed by atoms with Crippen LogP contribution < -0.4 is 0 Å². The van der Waals surface area contributed by atoms with Gasteiger partial charge in [-0.05, 0) is 17.2 Å². The molecule has 5 nitrogen and oxygen atoms in total. The highest BCUT2D eigenvalue weighted by atomic mass is 35.5. The van der Waals surface area contributed by atoms with E-state index in [1.807, 2.05) is 0 Å². The molecule has 1 rings (SSSR count). The van der Waals surface area contributed by atoms with Crippen LogP contribution in [0.1, 0.15) is 16.6 Å². The Morgan fingerprint density at radius 1 is 1.50 bits per heavy atom. The third-order valence-electron chi connectivity index (χ3n) is 2.02. The molecule has 0 N–H and O–H groups in total. The molecular formula is C10H10ClNO4. The predicted octanol–water partition coefficient (Wildman–Crippen LogP) is 1.92. The van der Waals surface area contributed by atoms with Crippen molar-refractivity contribution < 1.29 is 14.5 Å². The first-order chi connectivity index (χ1) is 7.54. The maximum absolute atomic E-state index is 11.0. The molecule has 0 bridgehead atoms. The zero-order chi connectivity index (χ0) is 12.1. The van der Waals surface area contributed by atoms with Crippen LogP contribution in [0.15, 0.2) is 24.3 Å². The summed E-state index contributed by atoms with van der Waals surface area (Å²) in [6.45, 7) is 0. The summed E-state index contributed by atoms with van der Waals surface area (Å²) in [5.74, 6) is -0.357. The van der Waals surface area contributed by atoms with Crippen LogP contribution in [-0.4, -0.2) is 18.0 Å². The summed E-state index contributed by atoms with van der Waals surface area (Å²) in [6.07, 6.45) is 0.141. The summed E-state index contributed by atoms with van der Waals surface area (Å²) in [6, 6.07) is 6.29. The van der Waals surface area contributed by atoms with Gasteiger partial charge in [0.15, 0.2) is 0 Å². The van der Waals surface area contributed by atoms with E-state index < -0.39 is 10.4 Å². The number of methoxy groups -OCH3 is 1. The van der Waals surface area contributed by atoms with E-state index in [0.29, 0.717) is 5.56 Å². The van der Waals surface area contributed by atoms with Gasteiger partial charge in [-0.3, -0.25) is 14.9 Å². The minimum Gasteiger partial charge on any atom is -0.469 e. The number of hydrogen-bond acceptors (Lipinski definition) is 4. The van der Waals surface area contributed by atoms with Crippen molar-refractivity contribution in [2.75, 3.05) is 7.11 Å². The van der Waals surface area contributed by atoms with Crippen molar-refractivity contribution >= 4 is 17.6 Å². The maximum atomic E-state index is 11.0. The molecule has 1 atom stereocenters. The number of benzene rings is 1. The molecular weight excluding hydrogens is 234 g/mol. The normalized spacial score (nSPS) is 11.9. The molecule has 1 unspecified atom stereocenters. The Balaban J connectivity index is 2.75. The molecule has 0 spiro atoms. The quantitative estimate of drug-likeness (QED) is 0.266. The van der Waals surface area contributed by atoms with Gasteiger partial charge in [-0.1, -0.05) is 24.3 Å². The summed E-state index contributed by atoms with van der Waals surface area (Å²) < 4.78 is 4.50. The van der Waals surface area contributed by atoms with Gasteiger partial charge in [0, 0.05) is 10.5 Å². The molecule has 0 radical (unpaired) electrons. The van der Waals surface area contributed by atoms with E-state index in [1.165, 1.54) is 19.2 Å². The second kappa shape index (κ2) is 5.46. The minimum atomic E-state index is -1.26. The van der Waals surface area contributed by atoms with Crippen molar-refractivity contribution in [1.82, 2.24) is 0 Å². The summed E-state index contributed by atoms with van der Waals surface area (Å²) in [4.78, 5) is 20.8. The molecule has 0 amide bonds. The number of halogens is 1. The first-order valence-electron chi connectivity index (χ1n) is 4.48. The fraction of sp³-hybridized carbons (Fsp3) is 0.300. The molecule has 0 aliphatic rings. The molecule has 16 heavy (non-hydrogen) atoms. The Kier molecular flexibility index (Phi) is 4.25. The maximum Gasteiger partial charge on any atom is 0.311 e. The smallest absolute Gasteiger partial charge is 0.311 e. The molecule has 0 aromatic heterocycles. The standard InChI is InChI=1S/C10H10ClNO4/c1-16-9(13)6-7-2-4-8(5-3-7)10(11)12(14)15/h2-5,10H,6H2,1H3. The van der Waals surface area contributed by atoms with Crippen molar-refractivity contribution in [1.29, 1.82) is 0 Å². The molecule has 0 heterocycles. The summed E-state index contributed by atoms with van der Waals surface area (Å²) >= 11 is 5.54. The van der Waals surface area contributed by atoms with E-state index in [0.717, 1.165) is 5.56 Å². The van der Waals surface area contributed by atoms with E-state index >= 15 is 0 Å². The third-order valence-corrected chi connectivity index (χ3v) is 2.43. The number of esters is 1. The average molecular weight is 244 g/mol. The van der Waals surface area contributed by atoms with Crippen LogP contribution in [0.5, 0.6) is 0 Å². The number of carbonyl (C=O) groups excluding carboxylic acids is 1. The molecule has 86 valence electrons. The van der Waals surface area contributed by atoms with E-state index in [-0.39, 0.29) is 12.4 Å². The van der Waals surface area contributed by atoms with E-state index in [1.54, 1.807) is 12.1 Å². The number of nitrogens with zero attached hydrogens (tertiary/aromatic N) is 1. The van der Waals surface area contributed by atoms with Gasteiger partial charge in [-0.2, -0.15) is 0 Å². The van der Waals surface area contributed by atoms with Crippen molar-refractivity contribution in [2.24, 2.45) is 0 Å². The number of ether oxygens (including phenoxy) is 1. The van der Waals surface area contributed by atoms with Gasteiger partial charge in [0.2, 0.25) is 0 Å². The largest absolute Gasteiger partial charge is 0.469 e. The van der Waals surface area contributed by atoms with Gasteiger partial charge in [-0.25, -0.2) is 0 Å². The monoisotopic (exact) mass is 243 g/mol. The van der Waals surface area contributed by atoms with Crippen LogP contribution in [0.4, 0.5) is 0 Å². The predicted molar refractivity (Wildman–Crippen MR) is 57.8 cm³/mol. The molecule has 1 aromatic rings. The number of rotatable bonds is 4. The van der Waals surface area contributed by atoms with Crippen molar-refractivity contribution in [2.45, 2.75) is 11.9 Å². The second-order valence-corrected chi connectivity index (χ2v) is 3.53. The lowest BCUT2D eigenvalue weighted by Crippen LogP contribution is -2.06. The lowest BCUT2D eigenvalue weighted by atomic mass is 10.1. The molecule has 6 heteroatoms. The molecule has 0 saturated carbocycles. The van der Waals surface area contributed by atoms with Crippen LogP contribution in [-0.2, 0) is 16.0 Å². The number of hydrogen-bond donors (Lipinski definition) is 0. The number of alkyl halides is 1. The SMILES string of the molecule is COC(=O)Cc1ccc(C(Cl)[N+](=O)[O-])cc1. The molecule has 0 aliphatic carbocycles. The Bertz CT molecular complexity index is 390. The van der Waals surface area contributed by atoms with Crippen LogP contribution in [0.3, 0.4) is 0 Å². The Labute approximate surface area is 97.1 Å².